The molecule has 7 heteroatoms. The number of aromatic nitrogens is 1. The third-order valence-electron chi connectivity index (χ3n) is 3.64. The fourth-order valence-corrected chi connectivity index (χ4v) is 3.65. The number of pyridine rings is 1. The Morgan fingerprint density at radius 2 is 1.83 bits per heavy atom. The standard InChI is InChI=1S/C17H16N2O4S/c1-11-9-12-10-13(7-8-14(12)18-17(11)20)19-24(21,22)16-6-4-3-5-15(16)23-2/h3-10,19H,1-2H3,(H,18,20). The third-order valence-corrected chi connectivity index (χ3v) is 5.06. The molecule has 3 aromatic rings. The quantitative estimate of drug-likeness (QED) is 0.761. The predicted molar refractivity (Wildman–Crippen MR) is 93.1 cm³/mol. The van der Waals surface area contributed by atoms with Gasteiger partial charge in [-0.15, -0.1) is 0 Å². The van der Waals surface area contributed by atoms with Crippen molar-refractivity contribution in [3.8, 4) is 5.75 Å². The molecule has 24 heavy (non-hydrogen) atoms. The van der Waals surface area contributed by atoms with Gasteiger partial charge < -0.3 is 9.72 Å². The zero-order chi connectivity index (χ0) is 17.3. The van der Waals surface area contributed by atoms with Gasteiger partial charge in [-0.1, -0.05) is 12.1 Å². The highest BCUT2D eigenvalue weighted by atomic mass is 32.2. The molecule has 0 aliphatic rings. The molecular weight excluding hydrogens is 328 g/mol. The maximum atomic E-state index is 12.6. The van der Waals surface area contributed by atoms with E-state index in [0.717, 1.165) is 5.39 Å². The summed E-state index contributed by atoms with van der Waals surface area (Å²) in [6.45, 7) is 1.70. The van der Waals surface area contributed by atoms with E-state index >= 15 is 0 Å². The molecule has 0 amide bonds. The van der Waals surface area contributed by atoms with Crippen LogP contribution in [0, 0.1) is 6.92 Å². The number of methoxy groups -OCH3 is 1. The number of sulfonamides is 1. The van der Waals surface area contributed by atoms with E-state index < -0.39 is 10.0 Å². The van der Waals surface area contributed by atoms with E-state index in [1.54, 1.807) is 49.4 Å². The molecule has 0 bridgehead atoms. The summed E-state index contributed by atoms with van der Waals surface area (Å²) in [6, 6.07) is 13.0. The summed E-state index contributed by atoms with van der Waals surface area (Å²) >= 11 is 0. The average Bonchev–Trinajstić information content (AvgIpc) is 2.56. The molecular formula is C17H16N2O4S. The highest BCUT2D eigenvalue weighted by molar-refractivity contribution is 7.92. The molecule has 0 aliphatic carbocycles. The van der Waals surface area contributed by atoms with Gasteiger partial charge in [0.1, 0.15) is 10.6 Å². The number of nitrogens with one attached hydrogen (secondary N) is 2. The van der Waals surface area contributed by atoms with Crippen molar-refractivity contribution < 1.29 is 13.2 Å². The Labute approximate surface area is 139 Å². The lowest BCUT2D eigenvalue weighted by atomic mass is 10.1. The highest BCUT2D eigenvalue weighted by Crippen LogP contribution is 2.26. The van der Waals surface area contributed by atoms with Gasteiger partial charge in [-0.2, -0.15) is 0 Å². The fourth-order valence-electron chi connectivity index (χ4n) is 2.43. The van der Waals surface area contributed by atoms with Crippen LogP contribution in [0.3, 0.4) is 0 Å². The van der Waals surface area contributed by atoms with Crippen LogP contribution in [0.4, 0.5) is 5.69 Å². The topological polar surface area (TPSA) is 88.3 Å². The zero-order valence-electron chi connectivity index (χ0n) is 13.2. The lowest BCUT2D eigenvalue weighted by Gasteiger charge is -2.12. The van der Waals surface area contributed by atoms with Crippen molar-refractivity contribution in [3.05, 3.63) is 64.4 Å². The van der Waals surface area contributed by atoms with Crippen LogP contribution in [0.2, 0.25) is 0 Å². The van der Waals surface area contributed by atoms with Crippen LogP contribution in [-0.4, -0.2) is 20.5 Å². The van der Waals surface area contributed by atoms with Gasteiger partial charge in [0.25, 0.3) is 15.6 Å². The van der Waals surface area contributed by atoms with Gasteiger partial charge in [-0.05, 0) is 43.3 Å². The number of H-pyrrole nitrogens is 1. The summed E-state index contributed by atoms with van der Waals surface area (Å²) in [5.74, 6) is 0.269. The Kier molecular flexibility index (Phi) is 4.02. The van der Waals surface area contributed by atoms with Crippen LogP contribution in [0.5, 0.6) is 5.75 Å². The van der Waals surface area contributed by atoms with Crippen molar-refractivity contribution in [2.24, 2.45) is 0 Å². The van der Waals surface area contributed by atoms with Crippen molar-refractivity contribution in [3.63, 3.8) is 0 Å². The van der Waals surface area contributed by atoms with Crippen LogP contribution in [-0.2, 0) is 10.0 Å². The predicted octanol–water partition coefficient (Wildman–Crippen LogP) is 2.65. The summed E-state index contributed by atoms with van der Waals surface area (Å²) in [6.07, 6.45) is 0. The van der Waals surface area contributed by atoms with Crippen molar-refractivity contribution >= 4 is 26.6 Å². The second-order valence-corrected chi connectivity index (χ2v) is 6.99. The van der Waals surface area contributed by atoms with E-state index in [2.05, 4.69) is 9.71 Å². The molecule has 0 spiro atoms. The molecule has 0 unspecified atom stereocenters. The first kappa shape index (κ1) is 16.1. The van der Waals surface area contributed by atoms with Gasteiger partial charge in [0.2, 0.25) is 0 Å². The minimum absolute atomic E-state index is 0.0604. The second-order valence-electron chi connectivity index (χ2n) is 5.34. The Morgan fingerprint density at radius 1 is 1.08 bits per heavy atom. The molecule has 0 radical (unpaired) electrons. The molecule has 6 nitrogen and oxygen atoms in total. The van der Waals surface area contributed by atoms with Crippen LogP contribution >= 0.6 is 0 Å². The summed E-state index contributed by atoms with van der Waals surface area (Å²) < 4.78 is 32.8. The number of aryl methyl sites for hydroxylation is 1. The number of para-hydroxylation sites is 1. The van der Waals surface area contributed by atoms with Gasteiger partial charge >= 0.3 is 0 Å². The number of anilines is 1. The molecule has 0 saturated carbocycles. The van der Waals surface area contributed by atoms with Gasteiger partial charge in [0, 0.05) is 22.2 Å². The number of aromatic amines is 1. The van der Waals surface area contributed by atoms with Crippen molar-refractivity contribution in [1.29, 1.82) is 0 Å². The molecule has 0 atom stereocenters. The molecule has 1 heterocycles. The van der Waals surface area contributed by atoms with Crippen LogP contribution in [0.25, 0.3) is 10.9 Å². The Morgan fingerprint density at radius 3 is 2.58 bits per heavy atom. The summed E-state index contributed by atoms with van der Waals surface area (Å²) in [7, 11) is -2.37. The van der Waals surface area contributed by atoms with Gasteiger partial charge in [0.05, 0.1) is 7.11 Å². The highest BCUT2D eigenvalue weighted by Gasteiger charge is 2.19. The second kappa shape index (κ2) is 6.01. The van der Waals surface area contributed by atoms with Crippen molar-refractivity contribution in [2.75, 3.05) is 11.8 Å². The Bertz CT molecular complexity index is 1070. The average molecular weight is 344 g/mol. The summed E-state index contributed by atoms with van der Waals surface area (Å²) in [5.41, 5.74) is 1.45. The van der Waals surface area contributed by atoms with E-state index in [9.17, 15) is 13.2 Å². The van der Waals surface area contributed by atoms with E-state index in [-0.39, 0.29) is 16.2 Å². The molecule has 0 fully saturated rings. The first-order chi connectivity index (χ1) is 11.4. The Balaban J connectivity index is 2.02. The van der Waals surface area contributed by atoms with E-state index in [4.69, 9.17) is 4.74 Å². The zero-order valence-corrected chi connectivity index (χ0v) is 14.0. The van der Waals surface area contributed by atoms with Crippen LogP contribution < -0.4 is 15.0 Å². The van der Waals surface area contributed by atoms with Gasteiger partial charge in [-0.3, -0.25) is 9.52 Å². The minimum Gasteiger partial charge on any atom is -0.495 e. The molecule has 124 valence electrons. The van der Waals surface area contributed by atoms with Crippen LogP contribution in [0.1, 0.15) is 5.56 Å². The smallest absolute Gasteiger partial charge is 0.265 e. The fraction of sp³-hybridized carbons (Fsp3) is 0.118. The van der Waals surface area contributed by atoms with Crippen LogP contribution in [0.15, 0.2) is 58.2 Å². The third kappa shape index (κ3) is 2.98. The Hall–Kier alpha value is -2.80. The van der Waals surface area contributed by atoms with E-state index in [1.807, 2.05) is 0 Å². The summed E-state index contributed by atoms with van der Waals surface area (Å²) in [5, 5.41) is 0.743. The van der Waals surface area contributed by atoms with Gasteiger partial charge in [-0.25, -0.2) is 8.42 Å². The SMILES string of the molecule is COc1ccccc1S(=O)(=O)Nc1ccc2[nH]c(=O)c(C)cc2c1. The van der Waals surface area contributed by atoms with Gasteiger partial charge in [0.15, 0.2) is 0 Å². The number of hydrogen-bond donors (Lipinski definition) is 2. The maximum Gasteiger partial charge on any atom is 0.265 e. The molecule has 3 rings (SSSR count). The first-order valence-electron chi connectivity index (χ1n) is 7.20. The first-order valence-corrected chi connectivity index (χ1v) is 8.68. The number of hydrogen-bond acceptors (Lipinski definition) is 4. The van der Waals surface area contributed by atoms with Crippen molar-refractivity contribution in [1.82, 2.24) is 4.98 Å². The number of rotatable bonds is 4. The molecule has 2 N–H and O–H groups in total. The number of benzene rings is 2. The molecule has 1 aromatic heterocycles. The lowest BCUT2D eigenvalue weighted by molar-refractivity contribution is 0.403. The molecule has 2 aromatic carbocycles. The monoisotopic (exact) mass is 344 g/mol. The lowest BCUT2D eigenvalue weighted by Crippen LogP contribution is -2.14. The largest absolute Gasteiger partial charge is 0.495 e. The number of fused-ring (bicyclic) bond motifs is 1. The molecule has 0 saturated heterocycles. The number of ether oxygens (including phenoxy) is 1. The minimum atomic E-state index is -3.79. The normalized spacial score (nSPS) is 11.4. The van der Waals surface area contributed by atoms with E-state index in [0.29, 0.717) is 16.8 Å². The molecule has 0 aliphatic heterocycles. The van der Waals surface area contributed by atoms with Crippen molar-refractivity contribution in [2.45, 2.75) is 11.8 Å². The van der Waals surface area contributed by atoms with E-state index in [1.165, 1.54) is 13.2 Å². The maximum absolute atomic E-state index is 12.6. The summed E-state index contributed by atoms with van der Waals surface area (Å²) in [4.78, 5) is 14.4.